The van der Waals surface area contributed by atoms with E-state index in [0.29, 0.717) is 17.1 Å². The van der Waals surface area contributed by atoms with Crippen LogP contribution in [0.15, 0.2) is 42.6 Å². The summed E-state index contributed by atoms with van der Waals surface area (Å²) >= 11 is 0. The fraction of sp³-hybridized carbons (Fsp3) is 0.0714. The summed E-state index contributed by atoms with van der Waals surface area (Å²) < 4.78 is 15.7. The average molecular weight is 241 g/mol. The van der Waals surface area contributed by atoms with E-state index >= 15 is 0 Å². The van der Waals surface area contributed by atoms with Gasteiger partial charge in [0.1, 0.15) is 11.6 Å². The van der Waals surface area contributed by atoms with Crippen LogP contribution < -0.4 is 5.73 Å². The molecule has 2 N–H and O–H groups in total. The Balaban J connectivity index is 2.34. The van der Waals surface area contributed by atoms with Crippen LogP contribution in [0, 0.1) is 12.7 Å². The van der Waals surface area contributed by atoms with E-state index in [2.05, 4.69) is 4.98 Å². The number of nitrogens with two attached hydrogens (primary N) is 1. The monoisotopic (exact) mass is 241 g/mol. The number of anilines is 1. The maximum absolute atomic E-state index is 13.8. The Kier molecular flexibility index (Phi) is 2.30. The molecule has 90 valence electrons. The lowest BCUT2D eigenvalue weighted by atomic mass is 10.2. The molecule has 0 saturated carbocycles. The Morgan fingerprint density at radius 3 is 2.78 bits per heavy atom. The fourth-order valence-corrected chi connectivity index (χ4v) is 2.08. The van der Waals surface area contributed by atoms with Gasteiger partial charge in [-0.25, -0.2) is 9.37 Å². The summed E-state index contributed by atoms with van der Waals surface area (Å²) in [6.07, 6.45) is 1.81. The van der Waals surface area contributed by atoms with Gasteiger partial charge in [0, 0.05) is 11.9 Å². The van der Waals surface area contributed by atoms with Gasteiger partial charge in [0.05, 0.1) is 16.8 Å². The van der Waals surface area contributed by atoms with E-state index in [9.17, 15) is 4.39 Å². The van der Waals surface area contributed by atoms with Gasteiger partial charge < -0.3 is 5.73 Å². The van der Waals surface area contributed by atoms with Crippen molar-refractivity contribution >= 4 is 11.2 Å². The number of hydrogen-bond acceptors (Lipinski definition) is 2. The van der Waals surface area contributed by atoms with Gasteiger partial charge in [-0.05, 0) is 31.2 Å². The lowest BCUT2D eigenvalue weighted by molar-refractivity contribution is 0.630. The van der Waals surface area contributed by atoms with Gasteiger partial charge in [0.25, 0.3) is 0 Å². The predicted molar refractivity (Wildman–Crippen MR) is 69.7 cm³/mol. The average Bonchev–Trinajstić information content (AvgIpc) is 2.67. The van der Waals surface area contributed by atoms with E-state index in [0.717, 1.165) is 11.2 Å². The second kappa shape index (κ2) is 3.84. The highest BCUT2D eigenvalue weighted by atomic mass is 19.1. The van der Waals surface area contributed by atoms with E-state index in [1.54, 1.807) is 24.3 Å². The lowest BCUT2D eigenvalue weighted by Gasteiger charge is -2.03. The molecule has 0 atom stereocenters. The molecule has 0 amide bonds. The molecule has 0 aliphatic rings. The zero-order chi connectivity index (χ0) is 12.7. The minimum atomic E-state index is -0.277. The van der Waals surface area contributed by atoms with Crippen LogP contribution in [0.5, 0.6) is 0 Å². The van der Waals surface area contributed by atoms with Crippen molar-refractivity contribution in [3.63, 3.8) is 0 Å². The van der Waals surface area contributed by atoms with Crippen LogP contribution in [-0.2, 0) is 0 Å². The van der Waals surface area contributed by atoms with Crippen molar-refractivity contribution in [1.82, 2.24) is 9.38 Å². The van der Waals surface area contributed by atoms with Crippen LogP contribution >= 0.6 is 0 Å². The van der Waals surface area contributed by atoms with Gasteiger partial charge >= 0.3 is 0 Å². The number of fused-ring (bicyclic) bond motifs is 1. The summed E-state index contributed by atoms with van der Waals surface area (Å²) in [4.78, 5) is 4.43. The SMILES string of the molecule is Cc1nc(-c2ccccc2F)n2ccc(N)cc12. The van der Waals surface area contributed by atoms with E-state index in [1.807, 2.05) is 23.6 Å². The first-order chi connectivity index (χ1) is 8.66. The number of nitrogens with zero attached hydrogens (tertiary/aromatic N) is 2. The zero-order valence-corrected chi connectivity index (χ0v) is 9.89. The number of pyridine rings is 1. The minimum Gasteiger partial charge on any atom is -0.399 e. The zero-order valence-electron chi connectivity index (χ0n) is 9.89. The van der Waals surface area contributed by atoms with Crippen LogP contribution in [0.4, 0.5) is 10.1 Å². The van der Waals surface area contributed by atoms with Crippen LogP contribution in [0.25, 0.3) is 16.9 Å². The summed E-state index contributed by atoms with van der Waals surface area (Å²) in [7, 11) is 0. The summed E-state index contributed by atoms with van der Waals surface area (Å²) in [6.45, 7) is 1.89. The van der Waals surface area contributed by atoms with Crippen molar-refractivity contribution in [2.75, 3.05) is 5.73 Å². The van der Waals surface area contributed by atoms with Crippen molar-refractivity contribution in [1.29, 1.82) is 0 Å². The van der Waals surface area contributed by atoms with Crippen LogP contribution in [0.2, 0.25) is 0 Å². The maximum atomic E-state index is 13.8. The van der Waals surface area contributed by atoms with Crippen molar-refractivity contribution < 1.29 is 4.39 Å². The molecule has 3 rings (SSSR count). The predicted octanol–water partition coefficient (Wildman–Crippen LogP) is 3.03. The summed E-state index contributed by atoms with van der Waals surface area (Å²) in [6, 6.07) is 10.2. The standard InChI is InChI=1S/C14H12FN3/c1-9-13-8-10(16)6-7-18(13)14(17-9)11-4-2-3-5-12(11)15/h2-8H,16H2,1H3. The number of hydrogen-bond donors (Lipinski definition) is 1. The van der Waals surface area contributed by atoms with Crippen LogP contribution in [0.1, 0.15) is 5.69 Å². The Hall–Kier alpha value is -2.36. The number of halogens is 1. The molecule has 18 heavy (non-hydrogen) atoms. The first-order valence-corrected chi connectivity index (χ1v) is 5.66. The van der Waals surface area contributed by atoms with E-state index in [1.165, 1.54) is 6.07 Å². The minimum absolute atomic E-state index is 0.277. The van der Waals surface area contributed by atoms with Gasteiger partial charge in [-0.2, -0.15) is 0 Å². The third-order valence-corrected chi connectivity index (χ3v) is 2.97. The van der Waals surface area contributed by atoms with Gasteiger partial charge in [-0.3, -0.25) is 4.40 Å². The number of rotatable bonds is 1. The van der Waals surface area contributed by atoms with Crippen LogP contribution in [0.3, 0.4) is 0 Å². The first-order valence-electron chi connectivity index (χ1n) is 5.66. The summed E-state index contributed by atoms with van der Waals surface area (Å²) in [5.74, 6) is 0.321. The molecule has 0 aliphatic carbocycles. The molecule has 1 aromatic carbocycles. The highest BCUT2D eigenvalue weighted by Gasteiger charge is 2.13. The number of imidazole rings is 1. The third-order valence-electron chi connectivity index (χ3n) is 2.97. The molecule has 4 heteroatoms. The molecule has 0 radical (unpaired) electrons. The smallest absolute Gasteiger partial charge is 0.147 e. The molecule has 0 fully saturated rings. The molecule has 0 aliphatic heterocycles. The van der Waals surface area contributed by atoms with E-state index in [4.69, 9.17) is 5.73 Å². The highest BCUT2D eigenvalue weighted by Crippen LogP contribution is 2.25. The lowest BCUT2D eigenvalue weighted by Crippen LogP contribution is -1.93. The van der Waals surface area contributed by atoms with Gasteiger partial charge in [0.15, 0.2) is 0 Å². The Morgan fingerprint density at radius 2 is 2.00 bits per heavy atom. The molecule has 0 bridgehead atoms. The normalized spacial score (nSPS) is 11.0. The fourth-order valence-electron chi connectivity index (χ4n) is 2.08. The molecule has 2 aromatic heterocycles. The number of benzene rings is 1. The first kappa shape index (κ1) is 10.8. The summed E-state index contributed by atoms with van der Waals surface area (Å²) in [5, 5.41) is 0. The van der Waals surface area contributed by atoms with E-state index in [-0.39, 0.29) is 5.82 Å². The van der Waals surface area contributed by atoms with Crippen molar-refractivity contribution in [2.45, 2.75) is 6.92 Å². The largest absolute Gasteiger partial charge is 0.399 e. The quantitative estimate of drug-likeness (QED) is 0.711. The molecule has 0 unspecified atom stereocenters. The highest BCUT2D eigenvalue weighted by molar-refractivity contribution is 5.68. The van der Waals surface area contributed by atoms with Crippen molar-refractivity contribution in [3.8, 4) is 11.4 Å². The third kappa shape index (κ3) is 1.54. The summed E-state index contributed by atoms with van der Waals surface area (Å²) in [5.41, 5.74) is 8.65. The van der Waals surface area contributed by atoms with Gasteiger partial charge in [0.2, 0.25) is 0 Å². The Morgan fingerprint density at radius 1 is 1.22 bits per heavy atom. The molecule has 2 heterocycles. The Labute approximate surface area is 104 Å². The van der Waals surface area contributed by atoms with Gasteiger partial charge in [-0.15, -0.1) is 0 Å². The molecule has 0 saturated heterocycles. The van der Waals surface area contributed by atoms with Crippen LogP contribution in [-0.4, -0.2) is 9.38 Å². The van der Waals surface area contributed by atoms with Gasteiger partial charge in [-0.1, -0.05) is 12.1 Å². The number of aryl methyl sites for hydroxylation is 1. The second-order valence-corrected chi connectivity index (χ2v) is 4.22. The van der Waals surface area contributed by atoms with Crippen molar-refractivity contribution in [3.05, 3.63) is 54.1 Å². The molecular weight excluding hydrogens is 229 g/mol. The topological polar surface area (TPSA) is 43.3 Å². The van der Waals surface area contributed by atoms with E-state index < -0.39 is 0 Å². The number of aromatic nitrogens is 2. The molecular formula is C14H12FN3. The maximum Gasteiger partial charge on any atom is 0.147 e. The number of nitrogen functional groups attached to an aromatic ring is 1. The molecule has 3 nitrogen and oxygen atoms in total. The second-order valence-electron chi connectivity index (χ2n) is 4.22. The Bertz CT molecular complexity index is 731. The van der Waals surface area contributed by atoms with Crippen molar-refractivity contribution in [2.24, 2.45) is 0 Å². The molecule has 3 aromatic rings. The molecule has 0 spiro atoms.